The number of aryl methyl sites for hydroxylation is 1. The summed E-state index contributed by atoms with van der Waals surface area (Å²) in [7, 11) is 0. The quantitative estimate of drug-likeness (QED) is 0.835. The monoisotopic (exact) mass is 303 g/mol. The Morgan fingerprint density at radius 1 is 1.48 bits per heavy atom. The molecule has 21 heavy (non-hydrogen) atoms. The van der Waals surface area contributed by atoms with Gasteiger partial charge in [0.25, 0.3) is 0 Å². The third-order valence-corrected chi connectivity index (χ3v) is 4.83. The Kier molecular flexibility index (Phi) is 5.55. The van der Waals surface area contributed by atoms with Gasteiger partial charge in [-0.1, -0.05) is 0 Å². The Bertz CT molecular complexity index is 541. The zero-order valence-electron chi connectivity index (χ0n) is 12.6. The predicted molar refractivity (Wildman–Crippen MR) is 84.0 cm³/mol. The van der Waals surface area contributed by atoms with Crippen LogP contribution in [-0.2, 0) is 0 Å². The van der Waals surface area contributed by atoms with Gasteiger partial charge in [0.15, 0.2) is 5.13 Å². The molecular formula is C15H21N5S. The molecule has 1 aromatic heterocycles. The van der Waals surface area contributed by atoms with E-state index in [-0.39, 0.29) is 5.92 Å². The summed E-state index contributed by atoms with van der Waals surface area (Å²) in [6.45, 7) is 7.85. The van der Waals surface area contributed by atoms with Crippen molar-refractivity contribution < 1.29 is 0 Å². The van der Waals surface area contributed by atoms with E-state index in [1.54, 1.807) is 11.3 Å². The molecule has 0 N–H and O–H groups in total. The van der Waals surface area contributed by atoms with Gasteiger partial charge in [0, 0.05) is 44.0 Å². The largest absolute Gasteiger partial charge is 0.343 e. The summed E-state index contributed by atoms with van der Waals surface area (Å²) in [5.74, 6) is -0.0366. The first kappa shape index (κ1) is 15.8. The van der Waals surface area contributed by atoms with Gasteiger partial charge in [-0.05, 0) is 20.3 Å². The van der Waals surface area contributed by atoms with E-state index in [4.69, 9.17) is 5.26 Å². The lowest BCUT2D eigenvalue weighted by Gasteiger charge is -2.40. The maximum Gasteiger partial charge on any atom is 0.185 e. The fourth-order valence-electron chi connectivity index (χ4n) is 2.70. The molecule has 112 valence electrons. The zero-order valence-corrected chi connectivity index (χ0v) is 13.4. The first-order chi connectivity index (χ1) is 10.1. The van der Waals surface area contributed by atoms with Crippen molar-refractivity contribution in [3.8, 4) is 12.1 Å². The highest BCUT2D eigenvalue weighted by Crippen LogP contribution is 2.25. The smallest absolute Gasteiger partial charge is 0.185 e. The van der Waals surface area contributed by atoms with Crippen LogP contribution in [0.1, 0.15) is 25.5 Å². The number of aromatic nitrogens is 1. The van der Waals surface area contributed by atoms with Gasteiger partial charge < -0.3 is 4.90 Å². The standard InChI is InChI=1S/C15H21N5S/c1-12-11-21-15(18-12)20-7-6-19(9-13(20)2)10-14(8-17)4-3-5-16/h11,13-14H,3-4,6-7,9-10H2,1-2H3. The van der Waals surface area contributed by atoms with Crippen LogP contribution in [0.4, 0.5) is 5.13 Å². The predicted octanol–water partition coefficient (Wildman–Crippen LogP) is 2.41. The van der Waals surface area contributed by atoms with Gasteiger partial charge in [-0.15, -0.1) is 11.3 Å². The fraction of sp³-hybridized carbons (Fsp3) is 0.667. The van der Waals surface area contributed by atoms with Crippen molar-refractivity contribution in [2.45, 2.75) is 32.7 Å². The molecule has 0 spiro atoms. The second-order valence-corrected chi connectivity index (χ2v) is 6.43. The first-order valence-corrected chi connectivity index (χ1v) is 8.19. The molecule has 0 radical (unpaired) electrons. The van der Waals surface area contributed by atoms with Crippen molar-refractivity contribution >= 4 is 16.5 Å². The van der Waals surface area contributed by atoms with Crippen molar-refractivity contribution in [2.75, 3.05) is 31.1 Å². The average Bonchev–Trinajstić information content (AvgIpc) is 2.90. The van der Waals surface area contributed by atoms with Crippen LogP contribution in [0.15, 0.2) is 5.38 Å². The Labute approximate surface area is 130 Å². The SMILES string of the molecule is Cc1csc(N2CCN(CC(C#N)CCC#N)CC2C)n1. The molecule has 1 aliphatic rings. The molecule has 1 aliphatic heterocycles. The summed E-state index contributed by atoms with van der Waals surface area (Å²) in [6.07, 6.45) is 1.14. The second kappa shape index (κ2) is 7.40. The minimum atomic E-state index is -0.0366. The zero-order chi connectivity index (χ0) is 15.2. The van der Waals surface area contributed by atoms with Gasteiger partial charge in [0.2, 0.25) is 0 Å². The van der Waals surface area contributed by atoms with Crippen LogP contribution in [-0.4, -0.2) is 42.1 Å². The Morgan fingerprint density at radius 3 is 2.86 bits per heavy atom. The molecule has 2 rings (SSSR count). The minimum Gasteiger partial charge on any atom is -0.343 e. The second-order valence-electron chi connectivity index (χ2n) is 5.60. The normalized spacial score (nSPS) is 20.8. The highest BCUT2D eigenvalue weighted by Gasteiger charge is 2.26. The third-order valence-electron chi connectivity index (χ3n) is 3.83. The van der Waals surface area contributed by atoms with E-state index >= 15 is 0 Å². The van der Waals surface area contributed by atoms with Crippen LogP contribution in [0.5, 0.6) is 0 Å². The number of nitriles is 2. The lowest BCUT2D eigenvalue weighted by molar-refractivity contribution is 0.208. The Hall–Kier alpha value is -1.63. The Morgan fingerprint density at radius 2 is 2.29 bits per heavy atom. The molecule has 2 unspecified atom stereocenters. The van der Waals surface area contributed by atoms with Crippen LogP contribution in [0, 0.1) is 35.5 Å². The van der Waals surface area contributed by atoms with E-state index < -0.39 is 0 Å². The first-order valence-electron chi connectivity index (χ1n) is 7.31. The molecule has 1 saturated heterocycles. The number of hydrogen-bond donors (Lipinski definition) is 0. The Balaban J connectivity index is 1.89. The van der Waals surface area contributed by atoms with E-state index in [9.17, 15) is 5.26 Å². The number of nitrogens with zero attached hydrogens (tertiary/aromatic N) is 5. The van der Waals surface area contributed by atoms with Crippen LogP contribution in [0.3, 0.4) is 0 Å². The number of rotatable bonds is 5. The maximum atomic E-state index is 9.18. The highest BCUT2D eigenvalue weighted by atomic mass is 32.1. The van der Waals surface area contributed by atoms with Crippen LogP contribution >= 0.6 is 11.3 Å². The molecule has 1 fully saturated rings. The number of piperazine rings is 1. The lowest BCUT2D eigenvalue weighted by Crippen LogP contribution is -2.52. The molecule has 0 amide bonds. The van der Waals surface area contributed by atoms with E-state index in [2.05, 4.69) is 39.2 Å². The summed E-state index contributed by atoms with van der Waals surface area (Å²) in [4.78, 5) is 9.26. The lowest BCUT2D eigenvalue weighted by atomic mass is 10.0. The molecule has 2 atom stereocenters. The van der Waals surface area contributed by atoms with Crippen LogP contribution in [0.25, 0.3) is 0 Å². The molecule has 1 aromatic rings. The van der Waals surface area contributed by atoms with E-state index in [0.717, 1.165) is 37.0 Å². The van der Waals surface area contributed by atoms with E-state index in [1.165, 1.54) is 0 Å². The van der Waals surface area contributed by atoms with Crippen molar-refractivity contribution in [3.05, 3.63) is 11.1 Å². The molecule has 5 nitrogen and oxygen atoms in total. The summed E-state index contributed by atoms with van der Waals surface area (Å²) in [5, 5.41) is 21.0. The van der Waals surface area contributed by atoms with Gasteiger partial charge in [0.05, 0.1) is 23.8 Å². The molecular weight excluding hydrogens is 282 g/mol. The molecule has 2 heterocycles. The minimum absolute atomic E-state index is 0.0366. The molecule has 0 saturated carbocycles. The van der Waals surface area contributed by atoms with Crippen molar-refractivity contribution in [3.63, 3.8) is 0 Å². The number of hydrogen-bond acceptors (Lipinski definition) is 6. The van der Waals surface area contributed by atoms with Crippen molar-refractivity contribution in [1.82, 2.24) is 9.88 Å². The van der Waals surface area contributed by atoms with E-state index in [1.807, 2.05) is 6.92 Å². The highest BCUT2D eigenvalue weighted by molar-refractivity contribution is 7.13. The maximum absolute atomic E-state index is 9.18. The van der Waals surface area contributed by atoms with Crippen LogP contribution < -0.4 is 4.90 Å². The fourth-order valence-corrected chi connectivity index (χ4v) is 3.64. The van der Waals surface area contributed by atoms with Gasteiger partial charge >= 0.3 is 0 Å². The third kappa shape index (κ3) is 4.17. The summed E-state index contributed by atoms with van der Waals surface area (Å²) in [5.41, 5.74) is 1.07. The molecule has 0 aliphatic carbocycles. The summed E-state index contributed by atoms with van der Waals surface area (Å²) >= 11 is 1.70. The number of thiazole rings is 1. The van der Waals surface area contributed by atoms with Crippen molar-refractivity contribution in [2.24, 2.45) is 5.92 Å². The summed E-state index contributed by atoms with van der Waals surface area (Å²) < 4.78 is 0. The molecule has 6 heteroatoms. The van der Waals surface area contributed by atoms with Crippen molar-refractivity contribution in [1.29, 1.82) is 10.5 Å². The van der Waals surface area contributed by atoms with Gasteiger partial charge in [0.1, 0.15) is 0 Å². The van der Waals surface area contributed by atoms with E-state index in [0.29, 0.717) is 18.9 Å². The van der Waals surface area contributed by atoms with Crippen LogP contribution in [0.2, 0.25) is 0 Å². The van der Waals surface area contributed by atoms with Gasteiger partial charge in [-0.3, -0.25) is 4.90 Å². The molecule has 0 aromatic carbocycles. The molecule has 0 bridgehead atoms. The van der Waals surface area contributed by atoms with Gasteiger partial charge in [-0.2, -0.15) is 10.5 Å². The van der Waals surface area contributed by atoms with Gasteiger partial charge in [-0.25, -0.2) is 4.98 Å². The topological polar surface area (TPSA) is 67.0 Å². The summed E-state index contributed by atoms with van der Waals surface area (Å²) in [6, 6.07) is 4.86. The number of anilines is 1. The average molecular weight is 303 g/mol.